The van der Waals surface area contributed by atoms with Crippen LogP contribution in [0.1, 0.15) is 25.0 Å². The number of benzene rings is 1. The van der Waals surface area contributed by atoms with E-state index >= 15 is 0 Å². The normalized spacial score (nSPS) is 18.8. The van der Waals surface area contributed by atoms with E-state index in [1.54, 1.807) is 26.6 Å². The molecule has 1 aromatic heterocycles. The van der Waals surface area contributed by atoms with Crippen LogP contribution in [0.3, 0.4) is 0 Å². The molecule has 0 bridgehead atoms. The molecule has 1 saturated carbocycles. The molecule has 1 aromatic carbocycles. The van der Waals surface area contributed by atoms with Crippen LogP contribution in [-0.4, -0.2) is 55.1 Å². The molecule has 0 radical (unpaired) electrons. The molecule has 0 saturated heterocycles. The van der Waals surface area contributed by atoms with Gasteiger partial charge in [-0.2, -0.15) is 0 Å². The maximum Gasteiger partial charge on any atom is 0.106 e. The largest absolute Gasteiger partial charge is 0.501 e. The van der Waals surface area contributed by atoms with Crippen LogP contribution in [0.2, 0.25) is 0 Å². The number of nitrogens with zero attached hydrogens (tertiary/aromatic N) is 3. The molecule has 8 heteroatoms. The number of fused-ring (bicyclic) bond motifs is 1. The first-order chi connectivity index (χ1) is 15.6. The number of ether oxygens (including phenoxy) is 2. The van der Waals surface area contributed by atoms with Crippen molar-refractivity contribution in [3.05, 3.63) is 59.9 Å². The maximum atomic E-state index is 8.92. The lowest BCUT2D eigenvalue weighted by Crippen LogP contribution is -2.28. The highest BCUT2D eigenvalue weighted by molar-refractivity contribution is 5.81. The van der Waals surface area contributed by atoms with E-state index in [1.165, 1.54) is 12.8 Å². The molecule has 2 aliphatic carbocycles. The summed E-state index contributed by atoms with van der Waals surface area (Å²) >= 11 is 0. The third-order valence-corrected chi connectivity index (χ3v) is 5.73. The predicted molar refractivity (Wildman–Crippen MR) is 125 cm³/mol. The van der Waals surface area contributed by atoms with Gasteiger partial charge in [-0.1, -0.05) is 0 Å². The van der Waals surface area contributed by atoms with Gasteiger partial charge in [0.1, 0.15) is 11.5 Å². The third-order valence-electron chi connectivity index (χ3n) is 5.73. The minimum atomic E-state index is -0.0186. The fourth-order valence-corrected chi connectivity index (χ4v) is 3.73. The molecule has 0 spiro atoms. The van der Waals surface area contributed by atoms with Crippen LogP contribution in [0, 0.1) is 5.92 Å². The molecule has 0 amide bonds. The zero-order valence-corrected chi connectivity index (χ0v) is 18.6. The van der Waals surface area contributed by atoms with E-state index in [0.29, 0.717) is 23.9 Å². The fourth-order valence-electron chi connectivity index (χ4n) is 3.73. The monoisotopic (exact) mass is 437 g/mol. The number of methoxy groups -OCH3 is 2. The molecular weight excluding hydrogens is 406 g/mol. The van der Waals surface area contributed by atoms with Crippen LogP contribution < -0.4 is 16.0 Å². The molecule has 1 unspecified atom stereocenters. The molecule has 32 heavy (non-hydrogen) atoms. The Morgan fingerprint density at radius 3 is 2.88 bits per heavy atom. The highest BCUT2D eigenvalue weighted by Crippen LogP contribution is 2.35. The Balaban J connectivity index is 1.69. The van der Waals surface area contributed by atoms with Crippen LogP contribution in [-0.2, 0) is 9.47 Å². The van der Waals surface area contributed by atoms with Crippen molar-refractivity contribution >= 4 is 22.4 Å². The Kier molecular flexibility index (Phi) is 6.92. The summed E-state index contributed by atoms with van der Waals surface area (Å²) in [6.45, 7) is 1.39. The number of aliphatic hydroxyl groups excluding tert-OH is 1. The summed E-state index contributed by atoms with van der Waals surface area (Å²) in [7, 11) is 3.43. The number of anilines is 1. The van der Waals surface area contributed by atoms with Gasteiger partial charge < -0.3 is 30.5 Å². The molecule has 4 N–H and O–H groups in total. The average Bonchev–Trinajstić information content (AvgIpc) is 3.65. The number of nitrogens with one attached hydrogen (secondary N) is 1. The standard InChI is InChI=1S/C24H31N5O3/c1-31-19-9-18(10-20(12-19)32-2)29(15-16-3-4-16)17-5-6-22-23(11-17)28-24(14-27-22)21(25)13-26-7-8-30/h5-6,9-11,13-14,16,19,26,30H,3-4,7-8,12,15,25H2,1-2H3/b21-13-. The second-order valence-corrected chi connectivity index (χ2v) is 8.14. The summed E-state index contributed by atoms with van der Waals surface area (Å²) < 4.78 is 11.2. The van der Waals surface area contributed by atoms with Gasteiger partial charge in [0, 0.05) is 44.2 Å². The van der Waals surface area contributed by atoms with Gasteiger partial charge in [0.25, 0.3) is 0 Å². The number of hydrogen-bond acceptors (Lipinski definition) is 8. The lowest BCUT2D eigenvalue weighted by molar-refractivity contribution is 0.120. The van der Waals surface area contributed by atoms with Crippen LogP contribution in [0.4, 0.5) is 5.69 Å². The Hall–Kier alpha value is -3.10. The summed E-state index contributed by atoms with van der Waals surface area (Å²) in [5.74, 6) is 1.59. The van der Waals surface area contributed by atoms with Gasteiger partial charge in [-0.15, -0.1) is 0 Å². The summed E-state index contributed by atoms with van der Waals surface area (Å²) in [4.78, 5) is 11.6. The molecule has 4 rings (SSSR count). The minimum Gasteiger partial charge on any atom is -0.501 e. The van der Waals surface area contributed by atoms with Crippen molar-refractivity contribution in [3.63, 3.8) is 0 Å². The Morgan fingerprint density at radius 1 is 1.31 bits per heavy atom. The van der Waals surface area contributed by atoms with E-state index in [2.05, 4.69) is 39.5 Å². The van der Waals surface area contributed by atoms with Gasteiger partial charge in [-0.25, -0.2) is 4.98 Å². The highest BCUT2D eigenvalue weighted by Gasteiger charge is 2.28. The second kappa shape index (κ2) is 10.0. The van der Waals surface area contributed by atoms with Gasteiger partial charge in [0.2, 0.25) is 0 Å². The van der Waals surface area contributed by atoms with Crippen LogP contribution in [0.25, 0.3) is 16.7 Å². The lowest BCUT2D eigenvalue weighted by atomic mass is 10.1. The average molecular weight is 438 g/mol. The first-order valence-electron chi connectivity index (χ1n) is 10.9. The van der Waals surface area contributed by atoms with Gasteiger partial charge in [0.15, 0.2) is 0 Å². The van der Waals surface area contributed by atoms with Crippen molar-refractivity contribution in [2.24, 2.45) is 11.7 Å². The quantitative estimate of drug-likeness (QED) is 0.487. The van der Waals surface area contributed by atoms with Crippen molar-refractivity contribution < 1.29 is 14.6 Å². The zero-order chi connectivity index (χ0) is 22.5. The molecule has 8 nitrogen and oxygen atoms in total. The number of rotatable bonds is 10. The van der Waals surface area contributed by atoms with E-state index < -0.39 is 0 Å². The van der Waals surface area contributed by atoms with Gasteiger partial charge in [0.05, 0.1) is 42.7 Å². The van der Waals surface area contributed by atoms with E-state index in [1.807, 2.05) is 6.07 Å². The number of allylic oxidation sites excluding steroid dienone is 1. The topological polar surface area (TPSA) is 106 Å². The first kappa shape index (κ1) is 22.1. The molecule has 0 aliphatic heterocycles. The van der Waals surface area contributed by atoms with Crippen LogP contribution in [0.15, 0.2) is 54.2 Å². The third kappa shape index (κ3) is 5.20. The summed E-state index contributed by atoms with van der Waals surface area (Å²) in [6, 6.07) is 6.13. The Labute approximate surface area is 188 Å². The number of aromatic nitrogens is 2. The smallest absolute Gasteiger partial charge is 0.106 e. The molecule has 2 aliphatic rings. The minimum absolute atomic E-state index is 0.0186. The number of aliphatic hydroxyl groups is 1. The zero-order valence-electron chi connectivity index (χ0n) is 18.6. The molecule has 1 fully saturated rings. The molecule has 1 atom stereocenters. The van der Waals surface area contributed by atoms with E-state index in [9.17, 15) is 0 Å². The summed E-state index contributed by atoms with van der Waals surface area (Å²) in [6.07, 6.45) is 10.8. The molecule has 170 valence electrons. The highest BCUT2D eigenvalue weighted by atomic mass is 16.5. The van der Waals surface area contributed by atoms with Crippen LogP contribution >= 0.6 is 0 Å². The fraction of sp³-hybridized carbons (Fsp3) is 0.417. The van der Waals surface area contributed by atoms with E-state index in [4.69, 9.17) is 25.3 Å². The first-order valence-corrected chi connectivity index (χ1v) is 10.9. The maximum absolute atomic E-state index is 8.92. The van der Waals surface area contributed by atoms with E-state index in [-0.39, 0.29) is 12.7 Å². The van der Waals surface area contributed by atoms with Crippen molar-refractivity contribution in [2.45, 2.75) is 25.4 Å². The van der Waals surface area contributed by atoms with Gasteiger partial charge in [-0.05, 0) is 49.1 Å². The molecule has 2 aromatic rings. The molecule has 1 heterocycles. The lowest BCUT2D eigenvalue weighted by Gasteiger charge is -2.30. The van der Waals surface area contributed by atoms with Crippen LogP contribution in [0.5, 0.6) is 0 Å². The van der Waals surface area contributed by atoms with Crippen molar-refractivity contribution in [1.82, 2.24) is 15.3 Å². The predicted octanol–water partition coefficient (Wildman–Crippen LogP) is 2.52. The SMILES string of the molecule is COC1=CC(N(CC2CC2)c2ccc3ncc(/C(N)=C/NCCO)nc3c2)=CC(OC)C1. The van der Waals surface area contributed by atoms with Gasteiger partial charge in [-0.3, -0.25) is 4.98 Å². The Morgan fingerprint density at radius 2 is 2.16 bits per heavy atom. The van der Waals surface area contributed by atoms with Crippen molar-refractivity contribution in [2.75, 3.05) is 38.8 Å². The van der Waals surface area contributed by atoms with Crippen molar-refractivity contribution in [3.8, 4) is 0 Å². The van der Waals surface area contributed by atoms with Gasteiger partial charge >= 0.3 is 0 Å². The summed E-state index contributed by atoms with van der Waals surface area (Å²) in [5.41, 5.74) is 10.9. The Bertz CT molecular complexity index is 1050. The second-order valence-electron chi connectivity index (χ2n) is 8.14. The summed E-state index contributed by atoms with van der Waals surface area (Å²) in [5, 5.41) is 11.9. The molecular formula is C24H31N5O3. The number of nitrogens with two attached hydrogens (primary N) is 1. The number of hydrogen-bond donors (Lipinski definition) is 3. The van der Waals surface area contributed by atoms with E-state index in [0.717, 1.165) is 41.1 Å². The van der Waals surface area contributed by atoms with Crippen molar-refractivity contribution in [1.29, 1.82) is 0 Å².